The van der Waals surface area contributed by atoms with Crippen LogP contribution in [0.4, 0.5) is 5.69 Å². The van der Waals surface area contributed by atoms with Gasteiger partial charge in [0.1, 0.15) is 0 Å². The summed E-state index contributed by atoms with van der Waals surface area (Å²) in [5.74, 6) is 0. The van der Waals surface area contributed by atoms with Crippen molar-refractivity contribution >= 4 is 16.7 Å². The lowest BCUT2D eigenvalue weighted by atomic mass is 9.91. The Balaban J connectivity index is 1.56. The third kappa shape index (κ3) is 4.54. The molecule has 1 fully saturated rings. The molecule has 2 aliphatic rings. The van der Waals surface area contributed by atoms with E-state index in [0.29, 0.717) is 6.54 Å². The number of allylic oxidation sites excluding steroid dienone is 2. The summed E-state index contributed by atoms with van der Waals surface area (Å²) in [5, 5.41) is 0. The standard InChI is InChI=1S/C25H28N2OS/c1-20-12-14-24(15-13-20)27(29(28)25-10-4-3-5-11-25)18-21(2)26-17-16-22-8-6-7-9-23(22)19-26/h3-5,8-15H,2,6-7,16-19H2,1H3. The van der Waals surface area contributed by atoms with E-state index in [2.05, 4.69) is 42.7 Å². The minimum absolute atomic E-state index is 0.539. The first-order chi connectivity index (χ1) is 14.1. The van der Waals surface area contributed by atoms with Crippen LogP contribution in [0.5, 0.6) is 0 Å². The average Bonchev–Trinajstić information content (AvgIpc) is 2.78. The number of benzene rings is 2. The zero-order valence-corrected chi connectivity index (χ0v) is 17.8. The fourth-order valence-electron chi connectivity index (χ4n) is 3.90. The molecule has 1 unspecified atom stereocenters. The summed E-state index contributed by atoms with van der Waals surface area (Å²) in [6, 6.07) is 17.9. The van der Waals surface area contributed by atoms with E-state index >= 15 is 0 Å². The van der Waals surface area contributed by atoms with Gasteiger partial charge in [-0.05, 0) is 61.6 Å². The van der Waals surface area contributed by atoms with E-state index in [1.54, 1.807) is 0 Å². The minimum atomic E-state index is -1.29. The zero-order chi connectivity index (χ0) is 20.2. The molecular formula is C25H28N2OS. The second-order valence-corrected chi connectivity index (χ2v) is 9.12. The maximum Gasteiger partial charge on any atom is 0.153 e. The fourth-order valence-corrected chi connectivity index (χ4v) is 5.13. The Bertz CT molecular complexity index is 960. The molecule has 0 amide bonds. The van der Waals surface area contributed by atoms with Crippen molar-refractivity contribution in [3.05, 3.63) is 95.7 Å². The molecule has 2 aromatic rings. The fraction of sp³-hybridized carbons (Fsp3) is 0.280. The normalized spacial score (nSPS) is 17.1. The topological polar surface area (TPSA) is 23.6 Å². The third-order valence-corrected chi connectivity index (χ3v) is 7.03. The molecule has 0 aromatic heterocycles. The summed E-state index contributed by atoms with van der Waals surface area (Å²) in [6.45, 7) is 8.87. The Kier molecular flexibility index (Phi) is 6.00. The van der Waals surface area contributed by atoms with Gasteiger partial charge in [0, 0.05) is 18.8 Å². The van der Waals surface area contributed by atoms with Crippen LogP contribution in [0.25, 0.3) is 0 Å². The van der Waals surface area contributed by atoms with Gasteiger partial charge in [0.25, 0.3) is 0 Å². The summed E-state index contributed by atoms with van der Waals surface area (Å²) < 4.78 is 15.4. The van der Waals surface area contributed by atoms with E-state index in [1.165, 1.54) is 16.7 Å². The van der Waals surface area contributed by atoms with Crippen LogP contribution in [0.1, 0.15) is 24.8 Å². The minimum Gasteiger partial charge on any atom is -0.369 e. The highest BCUT2D eigenvalue weighted by atomic mass is 32.2. The first-order valence-electron chi connectivity index (χ1n) is 10.2. The number of nitrogens with zero attached hydrogens (tertiary/aromatic N) is 2. The van der Waals surface area contributed by atoms with Crippen molar-refractivity contribution in [1.82, 2.24) is 4.90 Å². The van der Waals surface area contributed by atoms with Crippen molar-refractivity contribution in [2.75, 3.05) is 23.9 Å². The van der Waals surface area contributed by atoms with Gasteiger partial charge in [-0.15, -0.1) is 0 Å². The summed E-state index contributed by atoms with van der Waals surface area (Å²) in [7, 11) is -1.29. The van der Waals surface area contributed by atoms with Crippen LogP contribution in [-0.4, -0.2) is 28.7 Å². The van der Waals surface area contributed by atoms with Gasteiger partial charge in [-0.3, -0.25) is 4.31 Å². The molecule has 0 bridgehead atoms. The number of rotatable bonds is 6. The number of hydrogen-bond donors (Lipinski definition) is 0. The molecule has 1 heterocycles. The van der Waals surface area contributed by atoms with Crippen LogP contribution in [0.3, 0.4) is 0 Å². The van der Waals surface area contributed by atoms with Crippen LogP contribution in [0.2, 0.25) is 0 Å². The van der Waals surface area contributed by atoms with Gasteiger partial charge >= 0.3 is 0 Å². The smallest absolute Gasteiger partial charge is 0.153 e. The van der Waals surface area contributed by atoms with Gasteiger partial charge in [0.2, 0.25) is 0 Å². The SMILES string of the molecule is C=C(CN(c1ccc(C)cc1)S(=O)c1ccccc1)N1CCC2=CCCC=C2C1. The highest BCUT2D eigenvalue weighted by molar-refractivity contribution is 7.86. The Labute approximate surface area is 176 Å². The highest BCUT2D eigenvalue weighted by Crippen LogP contribution is 2.30. The predicted octanol–water partition coefficient (Wildman–Crippen LogP) is 5.39. The summed E-state index contributed by atoms with van der Waals surface area (Å²) >= 11 is 0. The number of aryl methyl sites for hydroxylation is 1. The first kappa shape index (κ1) is 19.7. The van der Waals surface area contributed by atoms with Crippen molar-refractivity contribution in [3.8, 4) is 0 Å². The van der Waals surface area contributed by atoms with Crippen LogP contribution < -0.4 is 4.31 Å². The molecule has 0 N–H and O–H groups in total. The summed E-state index contributed by atoms with van der Waals surface area (Å²) in [6.07, 6.45) is 8.12. The molecule has 3 nitrogen and oxygen atoms in total. The first-order valence-corrected chi connectivity index (χ1v) is 11.3. The molecule has 1 aliphatic heterocycles. The number of fused-ring (bicyclic) bond motifs is 1. The Hall–Kier alpha value is -2.59. The Morgan fingerprint density at radius 2 is 1.72 bits per heavy atom. The number of anilines is 1. The lowest BCUT2D eigenvalue weighted by molar-refractivity contribution is 0.352. The molecule has 0 radical (unpaired) electrons. The average molecular weight is 405 g/mol. The van der Waals surface area contributed by atoms with E-state index in [0.717, 1.165) is 48.6 Å². The monoisotopic (exact) mass is 404 g/mol. The van der Waals surface area contributed by atoms with Crippen LogP contribution in [0.15, 0.2) is 95.1 Å². The van der Waals surface area contributed by atoms with E-state index in [9.17, 15) is 4.21 Å². The van der Waals surface area contributed by atoms with Crippen LogP contribution in [0, 0.1) is 6.92 Å². The molecule has 1 atom stereocenters. The van der Waals surface area contributed by atoms with Gasteiger partial charge in [0.05, 0.1) is 17.1 Å². The Morgan fingerprint density at radius 1 is 1.03 bits per heavy atom. The Morgan fingerprint density at radius 3 is 2.45 bits per heavy atom. The zero-order valence-electron chi connectivity index (χ0n) is 17.0. The molecular weight excluding hydrogens is 376 g/mol. The molecule has 4 rings (SSSR count). The molecule has 1 aliphatic carbocycles. The lowest BCUT2D eigenvalue weighted by Gasteiger charge is -2.36. The number of hydrogen-bond acceptors (Lipinski definition) is 2. The van der Waals surface area contributed by atoms with Gasteiger partial charge in [-0.25, -0.2) is 4.21 Å². The lowest BCUT2D eigenvalue weighted by Crippen LogP contribution is -2.38. The van der Waals surface area contributed by atoms with Crippen molar-refractivity contribution in [3.63, 3.8) is 0 Å². The molecule has 150 valence electrons. The van der Waals surface area contributed by atoms with E-state index in [1.807, 2.05) is 46.8 Å². The number of piperidine rings is 1. The summed E-state index contributed by atoms with van der Waals surface area (Å²) in [5.41, 5.74) is 6.10. The number of likely N-dealkylation sites (tertiary alicyclic amines) is 1. The maximum absolute atomic E-state index is 13.4. The van der Waals surface area contributed by atoms with Gasteiger partial charge in [0.15, 0.2) is 11.0 Å². The molecule has 0 saturated carbocycles. The highest BCUT2D eigenvalue weighted by Gasteiger charge is 2.24. The molecule has 2 aromatic carbocycles. The third-order valence-electron chi connectivity index (χ3n) is 5.61. The van der Waals surface area contributed by atoms with Crippen LogP contribution in [-0.2, 0) is 11.0 Å². The van der Waals surface area contributed by atoms with Gasteiger partial charge < -0.3 is 4.90 Å². The second-order valence-electron chi connectivity index (χ2n) is 7.71. The van der Waals surface area contributed by atoms with Crippen molar-refractivity contribution in [2.24, 2.45) is 0 Å². The predicted molar refractivity (Wildman–Crippen MR) is 122 cm³/mol. The molecule has 29 heavy (non-hydrogen) atoms. The summed E-state index contributed by atoms with van der Waals surface area (Å²) in [4.78, 5) is 3.15. The van der Waals surface area contributed by atoms with Crippen molar-refractivity contribution in [2.45, 2.75) is 31.1 Å². The van der Waals surface area contributed by atoms with Gasteiger partial charge in [-0.2, -0.15) is 0 Å². The molecule has 4 heteroatoms. The van der Waals surface area contributed by atoms with Gasteiger partial charge in [-0.1, -0.05) is 54.6 Å². The van der Waals surface area contributed by atoms with Crippen molar-refractivity contribution in [1.29, 1.82) is 0 Å². The van der Waals surface area contributed by atoms with E-state index < -0.39 is 11.0 Å². The van der Waals surface area contributed by atoms with Crippen LogP contribution >= 0.6 is 0 Å². The van der Waals surface area contributed by atoms with E-state index in [-0.39, 0.29) is 0 Å². The second kappa shape index (κ2) is 8.83. The van der Waals surface area contributed by atoms with Crippen molar-refractivity contribution < 1.29 is 4.21 Å². The largest absolute Gasteiger partial charge is 0.369 e. The molecule has 1 saturated heterocycles. The maximum atomic E-state index is 13.4. The quantitative estimate of drug-likeness (QED) is 0.644. The molecule has 0 spiro atoms. The van der Waals surface area contributed by atoms with E-state index in [4.69, 9.17) is 0 Å².